The van der Waals surface area contributed by atoms with Crippen molar-refractivity contribution in [1.82, 2.24) is 0 Å². The molecule has 0 amide bonds. The maximum atomic E-state index is 5.46. The minimum Gasteiger partial charge on any atom is -0.412 e. The second-order valence-corrected chi connectivity index (χ2v) is 2.01. The van der Waals surface area contributed by atoms with E-state index in [1.807, 2.05) is 6.92 Å². The van der Waals surface area contributed by atoms with E-state index >= 15 is 0 Å². The predicted octanol–water partition coefficient (Wildman–Crippen LogP) is 0.258. The summed E-state index contributed by atoms with van der Waals surface area (Å²) in [6.45, 7) is 2.00. The molecule has 38 valence electrons. The molecule has 1 nitrogen and oxygen atoms in total. The van der Waals surface area contributed by atoms with Crippen LogP contribution in [0, 0.1) is 0 Å². The van der Waals surface area contributed by atoms with E-state index in [2.05, 4.69) is 0 Å². The van der Waals surface area contributed by atoms with Crippen LogP contribution in [-0.4, -0.2) is 16.0 Å². The van der Waals surface area contributed by atoms with Crippen LogP contribution < -0.4 is 0 Å². The van der Waals surface area contributed by atoms with Gasteiger partial charge < -0.3 is 4.43 Å². The molecule has 0 heterocycles. The summed E-state index contributed by atoms with van der Waals surface area (Å²) < 4.78 is 4.80. The maximum Gasteiger partial charge on any atom is 0.148 e. The number of rotatable bonds is 2. The zero-order valence-electron chi connectivity index (χ0n) is 4.07. The second kappa shape index (κ2) is 3.65. The van der Waals surface area contributed by atoms with Gasteiger partial charge in [-0.15, -0.1) is 0 Å². The Labute approximate surface area is 46.2 Å². The van der Waals surface area contributed by atoms with Crippen molar-refractivity contribution in [3.63, 3.8) is 0 Å². The average molecular weight is 125 g/mol. The summed E-state index contributed by atoms with van der Waals surface area (Å²) in [6, 6.07) is 0. The molecule has 0 N–H and O–H groups in total. The van der Waals surface area contributed by atoms with Crippen LogP contribution in [0.3, 0.4) is 0 Å². The Kier molecular flexibility index (Phi) is 3.93. The molecule has 0 bridgehead atoms. The van der Waals surface area contributed by atoms with Crippen molar-refractivity contribution in [2.45, 2.75) is 18.9 Å². The maximum absolute atomic E-state index is 5.46. The largest absolute Gasteiger partial charge is 0.412 e. The fourth-order valence-electron chi connectivity index (χ4n) is 0.167. The summed E-state index contributed by atoms with van der Waals surface area (Å²) in [5, 5.41) is 0. The summed E-state index contributed by atoms with van der Waals surface area (Å²) in [6.07, 6.45) is 0.908. The molecule has 0 rings (SSSR count). The lowest BCUT2D eigenvalue weighted by molar-refractivity contribution is 0.305. The van der Waals surface area contributed by atoms with Gasteiger partial charge in [-0.1, -0.05) is 18.5 Å². The third-order valence-electron chi connectivity index (χ3n) is 0.577. The van der Waals surface area contributed by atoms with Crippen LogP contribution in [0.2, 0.25) is 0 Å². The highest BCUT2D eigenvalue weighted by Gasteiger charge is 1.90. The first kappa shape index (κ1) is 6.47. The van der Waals surface area contributed by atoms with E-state index in [9.17, 15) is 0 Å². The molecule has 0 aliphatic carbocycles. The standard InChI is InChI=1S/C3H9ClOSi/c1-2-3(4)5-6/h3H,2H2,1,6H3. The van der Waals surface area contributed by atoms with Gasteiger partial charge in [0.05, 0.1) is 0 Å². The third-order valence-corrected chi connectivity index (χ3v) is 1.93. The van der Waals surface area contributed by atoms with E-state index in [1.54, 1.807) is 0 Å². The summed E-state index contributed by atoms with van der Waals surface area (Å²) in [4.78, 5) is 0. The average Bonchev–Trinajstić information content (AvgIpc) is 1.65. The molecular formula is C3H9ClOSi. The summed E-state index contributed by atoms with van der Waals surface area (Å²) in [5.41, 5.74) is -0.0309. The van der Waals surface area contributed by atoms with Gasteiger partial charge >= 0.3 is 0 Å². The predicted molar refractivity (Wildman–Crippen MR) is 31.0 cm³/mol. The smallest absolute Gasteiger partial charge is 0.148 e. The second-order valence-electron chi connectivity index (χ2n) is 1.05. The van der Waals surface area contributed by atoms with Crippen LogP contribution in [0.25, 0.3) is 0 Å². The van der Waals surface area contributed by atoms with E-state index in [0.717, 1.165) is 16.9 Å². The molecule has 1 atom stereocenters. The van der Waals surface area contributed by atoms with Crippen molar-refractivity contribution in [3.8, 4) is 0 Å². The van der Waals surface area contributed by atoms with Gasteiger partial charge in [-0.2, -0.15) is 0 Å². The Morgan fingerprint density at radius 1 is 2.00 bits per heavy atom. The van der Waals surface area contributed by atoms with Crippen LogP contribution in [0.15, 0.2) is 0 Å². The highest BCUT2D eigenvalue weighted by Crippen LogP contribution is 1.98. The first-order valence-electron chi connectivity index (χ1n) is 1.98. The van der Waals surface area contributed by atoms with Crippen molar-refractivity contribution in [2.75, 3.05) is 0 Å². The molecule has 0 radical (unpaired) electrons. The number of hydrogen-bond donors (Lipinski definition) is 0. The zero-order valence-corrected chi connectivity index (χ0v) is 6.83. The van der Waals surface area contributed by atoms with Crippen molar-refractivity contribution >= 4 is 22.1 Å². The number of halogens is 1. The highest BCUT2D eigenvalue weighted by molar-refractivity contribution is 6.21. The van der Waals surface area contributed by atoms with Crippen LogP contribution >= 0.6 is 11.6 Å². The topological polar surface area (TPSA) is 9.23 Å². The minimum atomic E-state index is -0.0309. The molecule has 6 heavy (non-hydrogen) atoms. The van der Waals surface area contributed by atoms with Crippen molar-refractivity contribution in [1.29, 1.82) is 0 Å². The monoisotopic (exact) mass is 124 g/mol. The SMILES string of the molecule is CCC(Cl)O[SiH3]. The van der Waals surface area contributed by atoms with Crippen molar-refractivity contribution in [3.05, 3.63) is 0 Å². The molecule has 0 saturated carbocycles. The Hall–Kier alpha value is 0.467. The van der Waals surface area contributed by atoms with Crippen molar-refractivity contribution < 1.29 is 4.43 Å². The molecule has 0 aromatic carbocycles. The molecular weight excluding hydrogens is 116 g/mol. The quantitative estimate of drug-likeness (QED) is 0.379. The Morgan fingerprint density at radius 3 is 2.50 bits per heavy atom. The van der Waals surface area contributed by atoms with Gasteiger partial charge in [0, 0.05) is 0 Å². The van der Waals surface area contributed by atoms with Crippen molar-refractivity contribution in [2.24, 2.45) is 0 Å². The van der Waals surface area contributed by atoms with Gasteiger partial charge in [0.25, 0.3) is 0 Å². The Balaban J connectivity index is 2.75. The summed E-state index contributed by atoms with van der Waals surface area (Å²) >= 11 is 5.46. The van der Waals surface area contributed by atoms with Gasteiger partial charge in [0.1, 0.15) is 16.0 Å². The lowest BCUT2D eigenvalue weighted by Gasteiger charge is -1.99. The van der Waals surface area contributed by atoms with Gasteiger partial charge in [0.2, 0.25) is 0 Å². The number of hydrogen-bond acceptors (Lipinski definition) is 1. The van der Waals surface area contributed by atoms with Crippen LogP contribution in [0.1, 0.15) is 13.3 Å². The normalized spacial score (nSPS) is 15.0. The molecule has 0 aromatic heterocycles. The molecule has 0 fully saturated rings. The Morgan fingerprint density at radius 2 is 2.50 bits per heavy atom. The molecule has 0 spiro atoms. The Bertz CT molecular complexity index is 30.0. The summed E-state index contributed by atoms with van der Waals surface area (Å²) in [5.74, 6) is 0. The lowest BCUT2D eigenvalue weighted by atomic mass is 10.5. The zero-order chi connectivity index (χ0) is 4.99. The molecule has 0 saturated heterocycles. The fourth-order valence-corrected chi connectivity index (χ4v) is 0.500. The molecule has 0 aliphatic heterocycles. The van der Waals surface area contributed by atoms with Gasteiger partial charge in [-0.3, -0.25) is 0 Å². The molecule has 0 aromatic rings. The third kappa shape index (κ3) is 2.69. The molecule has 0 aliphatic rings. The van der Waals surface area contributed by atoms with E-state index in [0.29, 0.717) is 0 Å². The van der Waals surface area contributed by atoms with E-state index in [4.69, 9.17) is 16.0 Å². The van der Waals surface area contributed by atoms with Crippen LogP contribution in [0.5, 0.6) is 0 Å². The van der Waals surface area contributed by atoms with Gasteiger partial charge in [0.15, 0.2) is 0 Å². The van der Waals surface area contributed by atoms with E-state index in [-0.39, 0.29) is 5.56 Å². The van der Waals surface area contributed by atoms with Crippen LogP contribution in [-0.2, 0) is 4.43 Å². The van der Waals surface area contributed by atoms with Gasteiger partial charge in [-0.05, 0) is 6.42 Å². The molecule has 1 unspecified atom stereocenters. The minimum absolute atomic E-state index is 0.0309. The first-order chi connectivity index (χ1) is 2.81. The summed E-state index contributed by atoms with van der Waals surface area (Å²) in [7, 11) is 0.751. The van der Waals surface area contributed by atoms with E-state index in [1.165, 1.54) is 0 Å². The van der Waals surface area contributed by atoms with Gasteiger partial charge in [-0.25, -0.2) is 0 Å². The fraction of sp³-hybridized carbons (Fsp3) is 1.00. The van der Waals surface area contributed by atoms with E-state index < -0.39 is 0 Å². The lowest BCUT2D eigenvalue weighted by Crippen LogP contribution is -1.97. The first-order valence-corrected chi connectivity index (χ1v) is 3.23. The van der Waals surface area contributed by atoms with Crippen LogP contribution in [0.4, 0.5) is 0 Å². The number of alkyl halides is 1. The highest BCUT2D eigenvalue weighted by atomic mass is 35.5. The molecule has 3 heteroatoms.